The molecule has 140 valence electrons. The van der Waals surface area contributed by atoms with Crippen LogP contribution in [0.15, 0.2) is 54.6 Å². The number of amides is 1. The lowest BCUT2D eigenvalue weighted by molar-refractivity contribution is 0.0935. The molecule has 4 N–H and O–H groups in total. The highest BCUT2D eigenvalue weighted by atomic mass is 16.3. The van der Waals surface area contributed by atoms with Crippen molar-refractivity contribution in [3.63, 3.8) is 0 Å². The van der Waals surface area contributed by atoms with Crippen LogP contribution in [0.4, 0.5) is 11.8 Å². The number of carbonyl (C=O) groups is 1. The van der Waals surface area contributed by atoms with Crippen LogP contribution in [0.25, 0.3) is 22.3 Å². The van der Waals surface area contributed by atoms with Gasteiger partial charge in [0.05, 0.1) is 12.1 Å². The van der Waals surface area contributed by atoms with Crippen molar-refractivity contribution in [2.75, 3.05) is 18.5 Å². The predicted octanol–water partition coefficient (Wildman–Crippen LogP) is 1.88. The lowest BCUT2D eigenvalue weighted by atomic mass is 10.2. The third kappa shape index (κ3) is 3.64. The van der Waals surface area contributed by atoms with Gasteiger partial charge in [0, 0.05) is 17.5 Å². The number of nitrogens with one attached hydrogen (secondary N) is 3. The highest BCUT2D eigenvalue weighted by molar-refractivity contribution is 5.93. The Kier molecular flexibility index (Phi) is 4.89. The second kappa shape index (κ2) is 7.80. The van der Waals surface area contributed by atoms with Crippen LogP contribution in [-0.4, -0.2) is 49.3 Å². The topological polar surface area (TPSA) is 129 Å². The number of H-pyrrole nitrogens is 1. The van der Waals surface area contributed by atoms with E-state index >= 15 is 0 Å². The molecule has 0 radical (unpaired) electrons. The zero-order chi connectivity index (χ0) is 19.3. The average molecular weight is 375 g/mol. The standard InChI is InChI=1S/C19H17N7O2/c27-11-10-20-18(28)17-24-19(26-25-17)23-16-13-8-4-5-9-14(13)21-15(22-16)12-6-2-1-3-7-12/h1-9,27H,10-11H2,(H,20,28)(H2,21,22,23,24,25,26). The summed E-state index contributed by atoms with van der Waals surface area (Å²) >= 11 is 0. The van der Waals surface area contributed by atoms with E-state index in [1.165, 1.54) is 0 Å². The Bertz CT molecular complexity index is 1110. The summed E-state index contributed by atoms with van der Waals surface area (Å²) in [5.41, 5.74) is 1.66. The first kappa shape index (κ1) is 17.6. The second-order valence-electron chi connectivity index (χ2n) is 5.89. The highest BCUT2D eigenvalue weighted by Gasteiger charge is 2.14. The number of para-hydroxylation sites is 1. The molecule has 1 amide bonds. The zero-order valence-corrected chi connectivity index (χ0v) is 14.8. The molecule has 0 bridgehead atoms. The summed E-state index contributed by atoms with van der Waals surface area (Å²) in [5, 5.41) is 21.8. The van der Waals surface area contributed by atoms with E-state index < -0.39 is 5.91 Å². The Morgan fingerprint density at radius 2 is 1.79 bits per heavy atom. The third-order valence-corrected chi connectivity index (χ3v) is 3.96. The van der Waals surface area contributed by atoms with Gasteiger partial charge >= 0.3 is 0 Å². The van der Waals surface area contributed by atoms with Gasteiger partial charge in [-0.3, -0.25) is 9.89 Å². The predicted molar refractivity (Wildman–Crippen MR) is 104 cm³/mol. The molecule has 0 aliphatic heterocycles. The minimum atomic E-state index is -0.452. The van der Waals surface area contributed by atoms with E-state index in [1.54, 1.807) is 0 Å². The van der Waals surface area contributed by atoms with Crippen LogP contribution in [0.2, 0.25) is 0 Å². The summed E-state index contributed by atoms with van der Waals surface area (Å²) in [6, 6.07) is 17.2. The van der Waals surface area contributed by atoms with Gasteiger partial charge in [0.15, 0.2) is 5.82 Å². The number of benzene rings is 2. The fourth-order valence-corrected chi connectivity index (χ4v) is 2.67. The zero-order valence-electron chi connectivity index (χ0n) is 14.8. The normalized spacial score (nSPS) is 10.8. The van der Waals surface area contributed by atoms with Gasteiger partial charge in [0.1, 0.15) is 5.82 Å². The van der Waals surface area contributed by atoms with Gasteiger partial charge < -0.3 is 15.7 Å². The van der Waals surface area contributed by atoms with E-state index in [-0.39, 0.29) is 24.9 Å². The Morgan fingerprint density at radius 1 is 1.00 bits per heavy atom. The number of aromatic amines is 1. The molecule has 9 nitrogen and oxygen atoms in total. The summed E-state index contributed by atoms with van der Waals surface area (Å²) < 4.78 is 0. The quantitative estimate of drug-likeness (QED) is 0.405. The van der Waals surface area contributed by atoms with Crippen LogP contribution in [0.5, 0.6) is 0 Å². The largest absolute Gasteiger partial charge is 0.395 e. The first-order valence-corrected chi connectivity index (χ1v) is 8.65. The fourth-order valence-electron chi connectivity index (χ4n) is 2.67. The molecule has 0 saturated heterocycles. The highest BCUT2D eigenvalue weighted by Crippen LogP contribution is 2.26. The van der Waals surface area contributed by atoms with E-state index in [2.05, 4.69) is 35.8 Å². The van der Waals surface area contributed by atoms with Crippen molar-refractivity contribution in [2.24, 2.45) is 0 Å². The van der Waals surface area contributed by atoms with Gasteiger partial charge in [0.25, 0.3) is 5.91 Å². The molecule has 2 heterocycles. The van der Waals surface area contributed by atoms with Gasteiger partial charge in [-0.1, -0.05) is 42.5 Å². The van der Waals surface area contributed by atoms with E-state index in [0.717, 1.165) is 16.5 Å². The van der Waals surface area contributed by atoms with E-state index in [4.69, 9.17) is 5.11 Å². The number of hydrogen-bond acceptors (Lipinski definition) is 7. The summed E-state index contributed by atoms with van der Waals surface area (Å²) in [5.74, 6) is 0.894. The SMILES string of the molecule is O=C(NCCO)c1nc(Nc2nc(-c3ccccc3)nc3ccccc23)n[nH]1. The van der Waals surface area contributed by atoms with Crippen molar-refractivity contribution >= 4 is 28.6 Å². The number of carbonyl (C=O) groups excluding carboxylic acids is 1. The van der Waals surface area contributed by atoms with Crippen molar-refractivity contribution in [1.82, 2.24) is 30.5 Å². The minimum absolute atomic E-state index is 0.0394. The van der Waals surface area contributed by atoms with Gasteiger partial charge in [0.2, 0.25) is 11.8 Å². The summed E-state index contributed by atoms with van der Waals surface area (Å²) in [7, 11) is 0. The van der Waals surface area contributed by atoms with Gasteiger partial charge in [-0.2, -0.15) is 4.98 Å². The Morgan fingerprint density at radius 3 is 2.61 bits per heavy atom. The molecule has 0 spiro atoms. The molecule has 9 heteroatoms. The van der Waals surface area contributed by atoms with Gasteiger partial charge in [-0.15, -0.1) is 5.10 Å². The molecule has 0 aliphatic carbocycles. The maximum Gasteiger partial charge on any atom is 0.288 e. The van der Waals surface area contributed by atoms with E-state index in [0.29, 0.717) is 11.6 Å². The number of aliphatic hydroxyl groups is 1. The monoisotopic (exact) mass is 375 g/mol. The smallest absolute Gasteiger partial charge is 0.288 e. The van der Waals surface area contributed by atoms with Crippen LogP contribution < -0.4 is 10.6 Å². The summed E-state index contributed by atoms with van der Waals surface area (Å²) in [6.07, 6.45) is 0. The molecule has 0 aliphatic rings. The molecule has 0 unspecified atom stereocenters. The van der Waals surface area contributed by atoms with Crippen LogP contribution in [0.1, 0.15) is 10.6 Å². The molecule has 2 aromatic heterocycles. The molecule has 0 saturated carbocycles. The maximum atomic E-state index is 11.9. The number of aliphatic hydroxyl groups excluding tert-OH is 1. The van der Waals surface area contributed by atoms with Crippen molar-refractivity contribution in [1.29, 1.82) is 0 Å². The summed E-state index contributed by atoms with van der Waals surface area (Å²) in [6.45, 7) is -0.0144. The van der Waals surface area contributed by atoms with Crippen LogP contribution in [0.3, 0.4) is 0 Å². The molecule has 4 rings (SSSR count). The molecule has 0 fully saturated rings. The van der Waals surface area contributed by atoms with Crippen molar-refractivity contribution < 1.29 is 9.90 Å². The van der Waals surface area contributed by atoms with E-state index in [1.807, 2.05) is 54.6 Å². The van der Waals surface area contributed by atoms with Crippen LogP contribution >= 0.6 is 0 Å². The number of nitrogens with zero attached hydrogens (tertiary/aromatic N) is 4. The number of fused-ring (bicyclic) bond motifs is 1. The number of hydrogen-bond donors (Lipinski definition) is 4. The van der Waals surface area contributed by atoms with Gasteiger partial charge in [-0.05, 0) is 12.1 Å². The number of aromatic nitrogens is 5. The Hall–Kier alpha value is -3.85. The third-order valence-electron chi connectivity index (χ3n) is 3.96. The van der Waals surface area contributed by atoms with Gasteiger partial charge in [-0.25, -0.2) is 9.97 Å². The first-order chi connectivity index (χ1) is 13.7. The van der Waals surface area contributed by atoms with Crippen molar-refractivity contribution in [2.45, 2.75) is 0 Å². The first-order valence-electron chi connectivity index (χ1n) is 8.65. The number of anilines is 2. The fraction of sp³-hybridized carbons (Fsp3) is 0.105. The summed E-state index contributed by atoms with van der Waals surface area (Å²) in [4.78, 5) is 25.3. The Balaban J connectivity index is 1.68. The Labute approximate surface area is 159 Å². The van der Waals surface area contributed by atoms with E-state index in [9.17, 15) is 4.79 Å². The molecule has 2 aromatic carbocycles. The van der Waals surface area contributed by atoms with Crippen LogP contribution in [-0.2, 0) is 0 Å². The molecule has 0 atom stereocenters. The maximum absolute atomic E-state index is 11.9. The number of rotatable bonds is 6. The molecular formula is C19H17N7O2. The average Bonchev–Trinajstić information content (AvgIpc) is 3.21. The van der Waals surface area contributed by atoms with Crippen LogP contribution in [0, 0.1) is 0 Å². The molecule has 28 heavy (non-hydrogen) atoms. The molecular weight excluding hydrogens is 358 g/mol. The lowest BCUT2D eigenvalue weighted by Gasteiger charge is -2.08. The minimum Gasteiger partial charge on any atom is -0.395 e. The van der Waals surface area contributed by atoms with Crippen molar-refractivity contribution in [3.8, 4) is 11.4 Å². The second-order valence-corrected chi connectivity index (χ2v) is 5.89. The molecule has 4 aromatic rings. The lowest BCUT2D eigenvalue weighted by Crippen LogP contribution is -2.27. The van der Waals surface area contributed by atoms with Crippen molar-refractivity contribution in [3.05, 3.63) is 60.4 Å².